The lowest BCUT2D eigenvalue weighted by Gasteiger charge is -1.94. The van der Waals surface area contributed by atoms with E-state index in [0.717, 1.165) is 5.42 Å². The molecule has 1 nitrogen and oxygen atoms in total. The summed E-state index contributed by atoms with van der Waals surface area (Å²) in [6, 6.07) is 10.3. The molecule has 1 heteroatoms. The number of furan rings is 1. The summed E-state index contributed by atoms with van der Waals surface area (Å²) in [6.07, 6.45) is 1.74. The van der Waals surface area contributed by atoms with Gasteiger partial charge in [0.15, 0.2) is 0 Å². The first-order valence-electron chi connectivity index (χ1n) is 3.64. The van der Waals surface area contributed by atoms with Crippen molar-refractivity contribution in [3.63, 3.8) is 0 Å². The van der Waals surface area contributed by atoms with E-state index < -0.39 is 0 Å². The van der Waals surface area contributed by atoms with Crippen LogP contribution in [0.1, 0.15) is 0 Å². The Morgan fingerprint density at radius 3 is 2.55 bits per heavy atom. The van der Waals surface area contributed by atoms with E-state index >= 15 is 0 Å². The second-order valence-corrected chi connectivity index (χ2v) is 2.71. The fourth-order valence-electron chi connectivity index (χ4n) is 1.58. The van der Waals surface area contributed by atoms with Crippen LogP contribution in [0.4, 0.5) is 0 Å². The number of fused-ring (bicyclic) bond motifs is 2. The second-order valence-electron chi connectivity index (χ2n) is 2.71. The molecule has 0 saturated carbocycles. The first-order chi connectivity index (χ1) is 5.47. The Hall–Kier alpha value is -1.50. The lowest BCUT2D eigenvalue weighted by Crippen LogP contribution is -1.84. The minimum Gasteiger partial charge on any atom is -0.464 e. The summed E-state index contributed by atoms with van der Waals surface area (Å²) in [4.78, 5) is 0. The van der Waals surface area contributed by atoms with E-state index in [9.17, 15) is 0 Å². The molecule has 0 amide bonds. The zero-order valence-electron chi connectivity index (χ0n) is 5.87. The van der Waals surface area contributed by atoms with E-state index in [1.54, 1.807) is 6.26 Å². The van der Waals surface area contributed by atoms with E-state index in [4.69, 9.17) is 4.42 Å². The van der Waals surface area contributed by atoms with Crippen LogP contribution in [-0.4, -0.2) is 0 Å². The number of rotatable bonds is 0. The van der Waals surface area contributed by atoms with Crippen LogP contribution in [0.25, 0.3) is 0 Å². The standard InChI is InChI=1S/C10H6O/c1-2-4-8-7(3-1)9-5-6-11-10(8)9/h1-6H. The summed E-state index contributed by atoms with van der Waals surface area (Å²) >= 11 is 0. The molecule has 1 aromatic heterocycles. The van der Waals surface area contributed by atoms with Gasteiger partial charge in [-0.25, -0.2) is 0 Å². The van der Waals surface area contributed by atoms with E-state index in [2.05, 4.69) is 18.2 Å². The molecule has 0 fully saturated rings. The Morgan fingerprint density at radius 2 is 1.64 bits per heavy atom. The lowest BCUT2D eigenvalue weighted by molar-refractivity contribution is 0.529. The number of benzene rings is 1. The Morgan fingerprint density at radius 1 is 0.818 bits per heavy atom. The molecular formula is C10H6O. The van der Waals surface area contributed by atoms with Gasteiger partial charge in [-0.05, 0) is 11.3 Å². The summed E-state index contributed by atoms with van der Waals surface area (Å²) in [7, 11) is 0. The van der Waals surface area contributed by atoms with Gasteiger partial charge in [-0.1, -0.05) is 24.3 Å². The summed E-state index contributed by atoms with van der Waals surface area (Å²) < 4.78 is 5.28. The third kappa shape index (κ3) is 0.475. The van der Waals surface area contributed by atoms with Gasteiger partial charge in [0, 0.05) is 10.4 Å². The van der Waals surface area contributed by atoms with Gasteiger partial charge in [0.05, 0.1) is 6.26 Å². The molecule has 0 bridgehead atoms. The Kier molecular flexibility index (Phi) is 0.737. The monoisotopic (exact) mass is 142 g/mol. The SMILES string of the molecule is c1ccc2c(c1)=c1ccoc1=2. The van der Waals surface area contributed by atoms with Gasteiger partial charge in [-0.2, -0.15) is 0 Å². The minimum absolute atomic E-state index is 1.04. The van der Waals surface area contributed by atoms with E-state index in [1.165, 1.54) is 15.7 Å². The average Bonchev–Trinajstić information content (AvgIpc) is 2.44. The van der Waals surface area contributed by atoms with Crippen LogP contribution in [0.2, 0.25) is 0 Å². The fourth-order valence-corrected chi connectivity index (χ4v) is 1.58. The normalized spacial score (nSPS) is 11.6. The molecule has 1 aliphatic carbocycles. The van der Waals surface area contributed by atoms with Crippen LogP contribution in [0, 0.1) is 21.1 Å². The molecule has 0 saturated heterocycles. The number of hydrogen-bond acceptors (Lipinski definition) is 1. The average molecular weight is 142 g/mol. The second kappa shape index (κ2) is 1.56. The van der Waals surface area contributed by atoms with Gasteiger partial charge < -0.3 is 4.42 Å². The molecule has 0 unspecified atom stereocenters. The first kappa shape index (κ1) is 5.19. The van der Waals surface area contributed by atoms with Crippen LogP contribution >= 0.6 is 0 Å². The lowest BCUT2D eigenvalue weighted by atomic mass is 10.1. The zero-order valence-corrected chi connectivity index (χ0v) is 5.87. The molecule has 0 N–H and O–H groups in total. The summed E-state index contributed by atoms with van der Waals surface area (Å²) in [5.74, 6) is 0. The molecule has 0 atom stereocenters. The molecule has 0 aliphatic heterocycles. The van der Waals surface area contributed by atoms with Gasteiger partial charge >= 0.3 is 0 Å². The van der Waals surface area contributed by atoms with Crippen LogP contribution in [0.15, 0.2) is 41.0 Å². The Balaban J connectivity index is 2.82. The summed E-state index contributed by atoms with van der Waals surface area (Å²) in [6.45, 7) is 0. The van der Waals surface area contributed by atoms with Gasteiger partial charge in [0.25, 0.3) is 0 Å². The van der Waals surface area contributed by atoms with Crippen LogP contribution in [0.5, 0.6) is 0 Å². The van der Waals surface area contributed by atoms with Gasteiger partial charge in [-0.15, -0.1) is 0 Å². The number of hydrogen-bond donors (Lipinski definition) is 0. The van der Waals surface area contributed by atoms with Crippen LogP contribution in [0.3, 0.4) is 0 Å². The predicted octanol–water partition coefficient (Wildman–Crippen LogP) is 2.17. The van der Waals surface area contributed by atoms with Gasteiger partial charge in [-0.3, -0.25) is 0 Å². The Bertz CT molecular complexity index is 526. The molecule has 11 heavy (non-hydrogen) atoms. The first-order valence-corrected chi connectivity index (χ1v) is 3.64. The van der Waals surface area contributed by atoms with Crippen molar-refractivity contribution in [2.24, 2.45) is 0 Å². The van der Waals surface area contributed by atoms with Crippen molar-refractivity contribution < 1.29 is 4.42 Å². The molecule has 1 heterocycles. The molecule has 0 spiro atoms. The highest BCUT2D eigenvalue weighted by Gasteiger charge is 2.01. The van der Waals surface area contributed by atoms with Crippen LogP contribution < -0.4 is 0 Å². The zero-order chi connectivity index (χ0) is 7.26. The van der Waals surface area contributed by atoms with Crippen molar-refractivity contribution >= 4 is 0 Å². The third-order valence-corrected chi connectivity index (χ3v) is 2.13. The summed E-state index contributed by atoms with van der Waals surface area (Å²) in [5.41, 5.74) is 1.04. The topological polar surface area (TPSA) is 13.1 Å². The maximum Gasteiger partial charge on any atom is 0.142 e. The minimum atomic E-state index is 1.04. The fraction of sp³-hybridized carbons (Fsp3) is 0. The maximum atomic E-state index is 5.28. The van der Waals surface area contributed by atoms with Crippen molar-refractivity contribution in [3.05, 3.63) is 57.7 Å². The largest absolute Gasteiger partial charge is 0.464 e. The molecular weight excluding hydrogens is 136 g/mol. The molecule has 52 valence electrons. The Labute approximate surface area is 62.9 Å². The third-order valence-electron chi connectivity index (χ3n) is 2.13. The van der Waals surface area contributed by atoms with Gasteiger partial charge in [0.2, 0.25) is 0 Å². The van der Waals surface area contributed by atoms with Crippen molar-refractivity contribution in [1.82, 2.24) is 0 Å². The quantitative estimate of drug-likeness (QED) is 0.468. The highest BCUT2D eigenvalue weighted by atomic mass is 16.3. The van der Waals surface area contributed by atoms with Crippen molar-refractivity contribution in [2.45, 2.75) is 0 Å². The van der Waals surface area contributed by atoms with Crippen LogP contribution in [-0.2, 0) is 0 Å². The predicted molar refractivity (Wildman–Crippen MR) is 40.5 cm³/mol. The molecule has 3 rings (SSSR count). The smallest absolute Gasteiger partial charge is 0.142 e. The van der Waals surface area contributed by atoms with Crippen molar-refractivity contribution in [3.8, 4) is 0 Å². The van der Waals surface area contributed by atoms with Gasteiger partial charge in [0.1, 0.15) is 5.42 Å². The maximum absolute atomic E-state index is 5.28. The van der Waals surface area contributed by atoms with E-state index in [1.807, 2.05) is 12.1 Å². The molecule has 1 aromatic carbocycles. The molecule has 1 aliphatic rings. The van der Waals surface area contributed by atoms with Crippen molar-refractivity contribution in [1.29, 1.82) is 0 Å². The van der Waals surface area contributed by atoms with E-state index in [0.29, 0.717) is 0 Å². The molecule has 2 aromatic rings. The highest BCUT2D eigenvalue weighted by Crippen LogP contribution is 2.12. The summed E-state index contributed by atoms with van der Waals surface area (Å²) in [5, 5.41) is 3.81. The van der Waals surface area contributed by atoms with Crippen molar-refractivity contribution in [2.75, 3.05) is 0 Å². The molecule has 0 radical (unpaired) electrons. The van der Waals surface area contributed by atoms with E-state index in [-0.39, 0.29) is 0 Å². The highest BCUT2D eigenvalue weighted by molar-refractivity contribution is 5.23.